The molecule has 14 nitrogen and oxygen atoms in total. The second-order valence-electron chi connectivity index (χ2n) is 11.5. The molecule has 2 aromatic carbocycles. The van der Waals surface area contributed by atoms with Crippen LogP contribution in [0, 0.1) is 0 Å². The highest BCUT2D eigenvalue weighted by Gasteiger charge is 2.28. The fourth-order valence-corrected chi connectivity index (χ4v) is 5.14. The summed E-state index contributed by atoms with van der Waals surface area (Å²) in [5.74, 6) is -0.416. The van der Waals surface area contributed by atoms with Crippen LogP contribution in [0.5, 0.6) is 0 Å². The minimum Gasteiger partial charge on any atom is -0.460 e. The summed E-state index contributed by atoms with van der Waals surface area (Å²) >= 11 is 0. The second kappa shape index (κ2) is 29.9. The molecule has 0 saturated carbocycles. The van der Waals surface area contributed by atoms with Gasteiger partial charge in [-0.1, -0.05) is 55.1 Å². The van der Waals surface area contributed by atoms with Gasteiger partial charge in [-0.25, -0.2) is 9.59 Å². The minimum absolute atomic E-state index is 0.0465. The number of carbonyl (C=O) groups is 2. The average Bonchev–Trinajstić information content (AvgIpc) is 3.50. The molecule has 0 atom stereocenters. The summed E-state index contributed by atoms with van der Waals surface area (Å²) in [5, 5.41) is 2.80. The minimum atomic E-state index is -0.463. The largest absolute Gasteiger partial charge is 0.460 e. The number of hydrogen-bond donors (Lipinski definition) is 1. The van der Waals surface area contributed by atoms with Crippen molar-refractivity contribution in [2.45, 2.75) is 12.3 Å². The van der Waals surface area contributed by atoms with E-state index in [1.165, 1.54) is 22.3 Å². The van der Waals surface area contributed by atoms with E-state index in [2.05, 4.69) is 36.2 Å². The standard InChI is InChI=1S/C39H57NO13/c1-2-38(41)52-31-30-51-29-28-50-27-26-49-25-24-48-23-22-47-21-20-46-19-18-45-17-16-44-15-14-43-13-7-12-40-39(42)53-32-37-35-10-5-3-8-33(35)34-9-4-6-11-36(34)37/h2-6,8-11,37H,1,7,12-32H2,(H,40,42). The van der Waals surface area contributed by atoms with Crippen LogP contribution in [0.4, 0.5) is 4.79 Å². The Balaban J connectivity index is 0.957. The topological polar surface area (TPSA) is 148 Å². The highest BCUT2D eigenvalue weighted by molar-refractivity contribution is 5.81. The summed E-state index contributed by atoms with van der Waals surface area (Å²) in [5.41, 5.74) is 4.80. The van der Waals surface area contributed by atoms with E-state index in [4.69, 9.17) is 52.1 Å². The molecule has 0 spiro atoms. The number of rotatable bonds is 34. The van der Waals surface area contributed by atoms with Gasteiger partial charge in [-0.2, -0.15) is 0 Å². The number of benzene rings is 2. The smallest absolute Gasteiger partial charge is 0.407 e. The third-order valence-corrected chi connectivity index (χ3v) is 7.69. The van der Waals surface area contributed by atoms with Gasteiger partial charge in [-0.05, 0) is 28.7 Å². The molecule has 1 amide bonds. The first-order chi connectivity index (χ1) is 26.2. The third-order valence-electron chi connectivity index (χ3n) is 7.69. The van der Waals surface area contributed by atoms with Crippen LogP contribution in [-0.2, 0) is 56.9 Å². The van der Waals surface area contributed by atoms with Crippen LogP contribution < -0.4 is 5.32 Å². The molecule has 0 heterocycles. The van der Waals surface area contributed by atoms with Crippen LogP contribution in [0.2, 0.25) is 0 Å². The summed E-state index contributed by atoms with van der Waals surface area (Å²) in [6.45, 7) is 12.6. The van der Waals surface area contributed by atoms with Crippen LogP contribution in [0.3, 0.4) is 0 Å². The molecule has 0 fully saturated rings. The van der Waals surface area contributed by atoms with E-state index in [9.17, 15) is 9.59 Å². The van der Waals surface area contributed by atoms with E-state index in [1.807, 2.05) is 24.3 Å². The predicted octanol–water partition coefficient (Wildman–Crippen LogP) is 3.79. The van der Waals surface area contributed by atoms with Crippen LogP contribution >= 0.6 is 0 Å². The molecule has 0 aromatic heterocycles. The number of nitrogens with one attached hydrogen (secondary N) is 1. The van der Waals surface area contributed by atoms with Gasteiger partial charge in [-0.15, -0.1) is 0 Å². The fraction of sp³-hybridized carbons (Fsp3) is 0.590. The molecule has 296 valence electrons. The van der Waals surface area contributed by atoms with Crippen LogP contribution in [0.15, 0.2) is 61.2 Å². The van der Waals surface area contributed by atoms with Crippen LogP contribution in [0.1, 0.15) is 23.5 Å². The molecule has 2 aromatic rings. The Kier molecular flexibility index (Phi) is 24.8. The number of ether oxygens (including phenoxy) is 11. The summed E-state index contributed by atoms with van der Waals surface area (Å²) < 4.78 is 59.5. The zero-order chi connectivity index (χ0) is 37.4. The zero-order valence-electron chi connectivity index (χ0n) is 30.8. The summed E-state index contributed by atoms with van der Waals surface area (Å²) in [4.78, 5) is 23.1. The fourth-order valence-electron chi connectivity index (χ4n) is 5.14. The highest BCUT2D eigenvalue weighted by atomic mass is 16.6. The first-order valence-electron chi connectivity index (χ1n) is 18.3. The Morgan fingerprint density at radius 2 is 0.868 bits per heavy atom. The number of hydrogen-bond acceptors (Lipinski definition) is 13. The van der Waals surface area contributed by atoms with Crippen molar-refractivity contribution in [3.8, 4) is 11.1 Å². The van der Waals surface area contributed by atoms with Crippen molar-refractivity contribution in [3.05, 3.63) is 72.3 Å². The first-order valence-corrected chi connectivity index (χ1v) is 18.3. The molecule has 1 aliphatic rings. The second-order valence-corrected chi connectivity index (χ2v) is 11.5. The van der Waals surface area contributed by atoms with Crippen molar-refractivity contribution in [2.75, 3.05) is 139 Å². The van der Waals surface area contributed by atoms with E-state index >= 15 is 0 Å². The molecule has 1 N–H and O–H groups in total. The lowest BCUT2D eigenvalue weighted by atomic mass is 9.98. The normalized spacial score (nSPS) is 12.0. The van der Waals surface area contributed by atoms with Crippen molar-refractivity contribution in [3.63, 3.8) is 0 Å². The van der Waals surface area contributed by atoms with Crippen LogP contribution in [-0.4, -0.2) is 151 Å². The van der Waals surface area contributed by atoms with E-state index < -0.39 is 12.1 Å². The summed E-state index contributed by atoms with van der Waals surface area (Å²) in [6, 6.07) is 16.5. The molecule has 0 radical (unpaired) electrons. The SMILES string of the molecule is C=CC(=O)OCCOCCOCCOCCOCCOCCOCCOCCOCCOCCCNC(=O)OCC1c2ccccc2-c2ccccc21. The van der Waals surface area contributed by atoms with Gasteiger partial charge in [0.05, 0.1) is 112 Å². The summed E-state index contributed by atoms with van der Waals surface area (Å²) in [7, 11) is 0. The van der Waals surface area contributed by atoms with Crippen molar-refractivity contribution in [1.82, 2.24) is 5.32 Å². The van der Waals surface area contributed by atoms with Gasteiger partial charge in [0.15, 0.2) is 0 Å². The van der Waals surface area contributed by atoms with Crippen molar-refractivity contribution in [2.24, 2.45) is 0 Å². The maximum absolute atomic E-state index is 12.3. The Labute approximate surface area is 313 Å². The molecule has 53 heavy (non-hydrogen) atoms. The quantitative estimate of drug-likeness (QED) is 0.0630. The van der Waals surface area contributed by atoms with Gasteiger partial charge in [0.2, 0.25) is 0 Å². The average molecular weight is 748 g/mol. The third kappa shape index (κ3) is 20.0. The molecule has 3 rings (SSSR count). The molecule has 1 aliphatic carbocycles. The molecule has 0 saturated heterocycles. The van der Waals surface area contributed by atoms with Crippen molar-refractivity contribution < 1.29 is 61.7 Å². The maximum Gasteiger partial charge on any atom is 0.407 e. The van der Waals surface area contributed by atoms with Gasteiger partial charge in [-0.3, -0.25) is 0 Å². The van der Waals surface area contributed by atoms with E-state index in [1.54, 1.807) is 0 Å². The van der Waals surface area contributed by atoms with Crippen molar-refractivity contribution in [1.29, 1.82) is 0 Å². The predicted molar refractivity (Wildman–Crippen MR) is 196 cm³/mol. The Morgan fingerprint density at radius 1 is 0.509 bits per heavy atom. The number of carbonyl (C=O) groups excluding carboxylic acids is 2. The lowest BCUT2D eigenvalue weighted by molar-refractivity contribution is -0.139. The Morgan fingerprint density at radius 3 is 1.26 bits per heavy atom. The van der Waals surface area contributed by atoms with Crippen LogP contribution in [0.25, 0.3) is 11.1 Å². The molecular weight excluding hydrogens is 690 g/mol. The lowest BCUT2D eigenvalue weighted by Crippen LogP contribution is -2.27. The highest BCUT2D eigenvalue weighted by Crippen LogP contribution is 2.44. The monoisotopic (exact) mass is 747 g/mol. The maximum atomic E-state index is 12.3. The first kappa shape index (κ1) is 44.0. The molecule has 0 unspecified atom stereocenters. The zero-order valence-corrected chi connectivity index (χ0v) is 30.8. The molecule has 0 aliphatic heterocycles. The number of amides is 1. The van der Waals surface area contributed by atoms with Gasteiger partial charge in [0, 0.05) is 25.1 Å². The van der Waals surface area contributed by atoms with E-state index in [0.29, 0.717) is 138 Å². The van der Waals surface area contributed by atoms with Gasteiger partial charge in [0.25, 0.3) is 0 Å². The Bertz CT molecular complexity index is 1220. The van der Waals surface area contributed by atoms with Gasteiger partial charge >= 0.3 is 12.1 Å². The number of alkyl carbamates (subject to hydrolysis) is 1. The number of esters is 1. The lowest BCUT2D eigenvalue weighted by Gasteiger charge is -2.14. The van der Waals surface area contributed by atoms with Crippen molar-refractivity contribution >= 4 is 12.1 Å². The summed E-state index contributed by atoms with van der Waals surface area (Å²) in [6.07, 6.45) is 1.37. The molecule has 14 heteroatoms. The molecule has 0 bridgehead atoms. The molecular formula is C39H57NO13. The number of fused-ring (bicyclic) bond motifs is 3. The van der Waals surface area contributed by atoms with Gasteiger partial charge < -0.3 is 57.4 Å². The Hall–Kier alpha value is -3.44. The van der Waals surface area contributed by atoms with E-state index in [-0.39, 0.29) is 12.5 Å². The van der Waals surface area contributed by atoms with Gasteiger partial charge in [0.1, 0.15) is 13.2 Å². The van der Waals surface area contributed by atoms with E-state index in [0.717, 1.165) is 6.08 Å².